The molecular formula is C15H15BrN2OS. The molecule has 5 heteroatoms. The standard InChI is InChI=1S/C15H15BrN2OS/c1-2-18-15(19)10-6-7-14(13(17)8-10)20-12-5-3-4-11(16)9-12/h3-9H,2,17H2,1H3,(H,18,19). The van der Waals surface area contributed by atoms with Crippen molar-refractivity contribution in [2.45, 2.75) is 16.7 Å². The van der Waals surface area contributed by atoms with Crippen LogP contribution in [0.1, 0.15) is 17.3 Å². The highest BCUT2D eigenvalue weighted by molar-refractivity contribution is 9.10. The van der Waals surface area contributed by atoms with Gasteiger partial charge in [0.15, 0.2) is 0 Å². The predicted octanol–water partition coefficient (Wildman–Crippen LogP) is 3.93. The monoisotopic (exact) mass is 350 g/mol. The van der Waals surface area contributed by atoms with Crippen molar-refractivity contribution in [1.82, 2.24) is 5.32 Å². The van der Waals surface area contributed by atoms with Crippen molar-refractivity contribution in [2.24, 2.45) is 0 Å². The maximum Gasteiger partial charge on any atom is 0.251 e. The third-order valence-corrected chi connectivity index (χ3v) is 4.21. The van der Waals surface area contributed by atoms with E-state index in [0.717, 1.165) is 14.3 Å². The first kappa shape index (κ1) is 14.9. The fourth-order valence-corrected chi connectivity index (χ4v) is 3.15. The van der Waals surface area contributed by atoms with Crippen molar-refractivity contribution >= 4 is 39.3 Å². The summed E-state index contributed by atoms with van der Waals surface area (Å²) in [6.07, 6.45) is 0. The van der Waals surface area contributed by atoms with Gasteiger partial charge in [-0.25, -0.2) is 0 Å². The normalized spacial score (nSPS) is 10.3. The molecule has 0 fully saturated rings. The number of nitrogen functional groups attached to an aromatic ring is 1. The molecule has 2 rings (SSSR count). The molecule has 0 aromatic heterocycles. The van der Waals surface area contributed by atoms with Crippen molar-refractivity contribution in [3.8, 4) is 0 Å². The minimum Gasteiger partial charge on any atom is -0.398 e. The third kappa shape index (κ3) is 3.77. The van der Waals surface area contributed by atoms with Gasteiger partial charge >= 0.3 is 0 Å². The minimum atomic E-state index is -0.0989. The van der Waals surface area contributed by atoms with Crippen LogP contribution >= 0.6 is 27.7 Å². The summed E-state index contributed by atoms with van der Waals surface area (Å²) in [4.78, 5) is 13.8. The van der Waals surface area contributed by atoms with Crippen molar-refractivity contribution in [1.29, 1.82) is 0 Å². The fourth-order valence-electron chi connectivity index (χ4n) is 1.70. The summed E-state index contributed by atoms with van der Waals surface area (Å²) in [5, 5.41) is 2.76. The molecule has 1 amide bonds. The van der Waals surface area contributed by atoms with Gasteiger partial charge in [0.25, 0.3) is 5.91 Å². The molecule has 0 saturated heterocycles. The zero-order valence-corrected chi connectivity index (χ0v) is 13.4. The molecule has 0 saturated carbocycles. The first-order valence-electron chi connectivity index (χ1n) is 6.21. The number of hydrogen-bond acceptors (Lipinski definition) is 3. The number of carbonyl (C=O) groups is 1. The Morgan fingerprint density at radius 1 is 1.30 bits per heavy atom. The highest BCUT2D eigenvalue weighted by atomic mass is 79.9. The number of rotatable bonds is 4. The molecule has 0 heterocycles. The molecule has 0 atom stereocenters. The number of carbonyl (C=O) groups excluding carboxylic acids is 1. The van der Waals surface area contributed by atoms with Crippen LogP contribution in [0.15, 0.2) is 56.7 Å². The Labute approximate surface area is 131 Å². The van der Waals surface area contributed by atoms with Crippen LogP contribution in [0, 0.1) is 0 Å². The molecule has 0 aliphatic heterocycles. The Bertz CT molecular complexity index is 631. The third-order valence-electron chi connectivity index (χ3n) is 2.63. The maximum absolute atomic E-state index is 11.7. The summed E-state index contributed by atoms with van der Waals surface area (Å²) in [6, 6.07) is 13.4. The van der Waals surface area contributed by atoms with E-state index in [2.05, 4.69) is 21.2 Å². The lowest BCUT2D eigenvalue weighted by Crippen LogP contribution is -2.22. The molecule has 0 aliphatic rings. The van der Waals surface area contributed by atoms with E-state index in [1.165, 1.54) is 0 Å². The van der Waals surface area contributed by atoms with Gasteiger partial charge in [-0.2, -0.15) is 0 Å². The van der Waals surface area contributed by atoms with Gasteiger partial charge in [-0.3, -0.25) is 4.79 Å². The molecule has 3 N–H and O–H groups in total. The summed E-state index contributed by atoms with van der Waals surface area (Å²) in [6.45, 7) is 2.49. The lowest BCUT2D eigenvalue weighted by molar-refractivity contribution is 0.0956. The molecule has 20 heavy (non-hydrogen) atoms. The summed E-state index contributed by atoms with van der Waals surface area (Å²) in [5.74, 6) is -0.0989. The summed E-state index contributed by atoms with van der Waals surface area (Å²) in [7, 11) is 0. The van der Waals surface area contributed by atoms with E-state index in [-0.39, 0.29) is 5.91 Å². The first-order valence-corrected chi connectivity index (χ1v) is 7.82. The van der Waals surface area contributed by atoms with E-state index < -0.39 is 0 Å². The van der Waals surface area contributed by atoms with Crippen LogP contribution in [0.25, 0.3) is 0 Å². The Balaban J connectivity index is 2.20. The Kier molecular flexibility index (Phi) is 5.09. The van der Waals surface area contributed by atoms with E-state index in [1.54, 1.807) is 23.9 Å². The fraction of sp³-hybridized carbons (Fsp3) is 0.133. The van der Waals surface area contributed by atoms with Gasteiger partial charge in [0.1, 0.15) is 0 Å². The van der Waals surface area contributed by atoms with Gasteiger partial charge in [0.05, 0.1) is 0 Å². The number of anilines is 1. The molecule has 2 aromatic rings. The van der Waals surface area contributed by atoms with Gasteiger partial charge in [-0.15, -0.1) is 0 Å². The second-order valence-corrected chi connectivity index (χ2v) is 6.20. The second-order valence-electron chi connectivity index (χ2n) is 4.17. The van der Waals surface area contributed by atoms with Crippen LogP contribution in [0.2, 0.25) is 0 Å². The van der Waals surface area contributed by atoms with Crippen molar-refractivity contribution in [2.75, 3.05) is 12.3 Å². The molecule has 0 spiro atoms. The largest absolute Gasteiger partial charge is 0.398 e. The van der Waals surface area contributed by atoms with Crippen LogP contribution in [-0.4, -0.2) is 12.5 Å². The van der Waals surface area contributed by atoms with E-state index in [9.17, 15) is 4.79 Å². The average Bonchev–Trinajstić information content (AvgIpc) is 2.41. The number of nitrogens with one attached hydrogen (secondary N) is 1. The highest BCUT2D eigenvalue weighted by Crippen LogP contribution is 2.33. The molecular weight excluding hydrogens is 336 g/mol. The summed E-state index contributed by atoms with van der Waals surface area (Å²) in [5.41, 5.74) is 7.22. The van der Waals surface area contributed by atoms with Gasteiger partial charge < -0.3 is 11.1 Å². The van der Waals surface area contributed by atoms with E-state index >= 15 is 0 Å². The number of hydrogen-bond donors (Lipinski definition) is 2. The molecule has 3 nitrogen and oxygen atoms in total. The van der Waals surface area contributed by atoms with Crippen molar-refractivity contribution in [3.63, 3.8) is 0 Å². The second kappa shape index (κ2) is 6.81. The van der Waals surface area contributed by atoms with Crippen molar-refractivity contribution in [3.05, 3.63) is 52.5 Å². The number of amides is 1. The Hall–Kier alpha value is -1.46. The molecule has 104 valence electrons. The number of benzene rings is 2. The number of nitrogens with two attached hydrogens (primary N) is 1. The molecule has 0 radical (unpaired) electrons. The summed E-state index contributed by atoms with van der Waals surface area (Å²) < 4.78 is 1.03. The Morgan fingerprint density at radius 2 is 2.10 bits per heavy atom. The predicted molar refractivity (Wildman–Crippen MR) is 87.1 cm³/mol. The number of halogens is 1. The van der Waals surface area contributed by atoms with Gasteiger partial charge in [0, 0.05) is 32.1 Å². The van der Waals surface area contributed by atoms with E-state index in [0.29, 0.717) is 17.8 Å². The molecule has 0 aliphatic carbocycles. The van der Waals surface area contributed by atoms with Crippen LogP contribution in [0.3, 0.4) is 0 Å². The van der Waals surface area contributed by atoms with Crippen LogP contribution in [-0.2, 0) is 0 Å². The smallest absolute Gasteiger partial charge is 0.251 e. The molecule has 2 aromatic carbocycles. The zero-order valence-electron chi connectivity index (χ0n) is 11.0. The van der Waals surface area contributed by atoms with Gasteiger partial charge in [-0.05, 0) is 43.3 Å². The minimum absolute atomic E-state index is 0.0989. The van der Waals surface area contributed by atoms with Crippen LogP contribution in [0.5, 0.6) is 0 Å². The quantitative estimate of drug-likeness (QED) is 0.821. The first-order chi connectivity index (χ1) is 9.60. The lowest BCUT2D eigenvalue weighted by Gasteiger charge is -2.08. The van der Waals surface area contributed by atoms with Gasteiger partial charge in [0.2, 0.25) is 0 Å². The SMILES string of the molecule is CCNC(=O)c1ccc(Sc2cccc(Br)c2)c(N)c1. The van der Waals surface area contributed by atoms with E-state index in [4.69, 9.17) is 5.73 Å². The molecule has 0 unspecified atom stereocenters. The van der Waals surface area contributed by atoms with Crippen molar-refractivity contribution < 1.29 is 4.79 Å². The zero-order chi connectivity index (χ0) is 14.5. The van der Waals surface area contributed by atoms with E-state index in [1.807, 2.05) is 37.3 Å². The summed E-state index contributed by atoms with van der Waals surface area (Å²) >= 11 is 5.02. The van der Waals surface area contributed by atoms with Gasteiger partial charge in [-0.1, -0.05) is 33.8 Å². The van der Waals surface area contributed by atoms with Crippen LogP contribution < -0.4 is 11.1 Å². The molecule has 0 bridgehead atoms. The lowest BCUT2D eigenvalue weighted by atomic mass is 10.2. The van der Waals surface area contributed by atoms with Crippen LogP contribution in [0.4, 0.5) is 5.69 Å². The topological polar surface area (TPSA) is 55.1 Å². The average molecular weight is 351 g/mol. The maximum atomic E-state index is 11.7. The Morgan fingerprint density at radius 3 is 2.75 bits per heavy atom. The highest BCUT2D eigenvalue weighted by Gasteiger charge is 2.08.